The zero-order valence-corrected chi connectivity index (χ0v) is 13.6. The zero-order chi connectivity index (χ0) is 15.4. The van der Waals surface area contributed by atoms with Gasteiger partial charge in [0, 0.05) is 29.7 Å². The van der Waals surface area contributed by atoms with E-state index in [0.29, 0.717) is 5.95 Å². The summed E-state index contributed by atoms with van der Waals surface area (Å²) < 4.78 is 0.826. The van der Waals surface area contributed by atoms with Crippen LogP contribution in [-0.4, -0.2) is 33.9 Å². The van der Waals surface area contributed by atoms with E-state index < -0.39 is 0 Å². The maximum absolute atomic E-state index is 12.2. The number of halogens is 1. The van der Waals surface area contributed by atoms with E-state index >= 15 is 0 Å². The van der Waals surface area contributed by atoms with E-state index in [1.54, 1.807) is 29.8 Å². The van der Waals surface area contributed by atoms with Crippen molar-refractivity contribution in [3.8, 4) is 0 Å². The van der Waals surface area contributed by atoms with Crippen molar-refractivity contribution in [2.45, 2.75) is 19.4 Å². The fraction of sp³-hybridized carbons (Fsp3) is 0.400. The van der Waals surface area contributed by atoms with Crippen molar-refractivity contribution in [3.63, 3.8) is 0 Å². The molecule has 0 aromatic carbocycles. The van der Waals surface area contributed by atoms with Crippen LogP contribution in [0.1, 0.15) is 17.7 Å². The van der Waals surface area contributed by atoms with Crippen molar-refractivity contribution in [1.29, 1.82) is 0 Å². The first-order valence-electron chi connectivity index (χ1n) is 7.25. The Morgan fingerprint density at radius 1 is 1.32 bits per heavy atom. The van der Waals surface area contributed by atoms with E-state index in [0.717, 1.165) is 36.8 Å². The molecule has 0 spiro atoms. The molecule has 3 rings (SSSR count). The van der Waals surface area contributed by atoms with Gasteiger partial charge in [0.25, 0.3) is 0 Å². The summed E-state index contributed by atoms with van der Waals surface area (Å²) in [5.41, 5.74) is 0. The molecule has 116 valence electrons. The number of amides is 1. The molecule has 0 unspecified atom stereocenters. The highest BCUT2D eigenvalue weighted by Gasteiger charge is 2.25. The van der Waals surface area contributed by atoms with Crippen molar-refractivity contribution in [1.82, 2.24) is 14.9 Å². The third kappa shape index (κ3) is 4.03. The fourth-order valence-corrected chi connectivity index (χ4v) is 3.72. The van der Waals surface area contributed by atoms with Crippen LogP contribution in [-0.2, 0) is 11.3 Å². The molecule has 22 heavy (non-hydrogen) atoms. The number of aromatic nitrogens is 2. The first kappa shape index (κ1) is 15.4. The normalized spacial score (nSPS) is 16.6. The first-order chi connectivity index (χ1) is 10.7. The molecule has 1 saturated heterocycles. The molecule has 3 heterocycles. The maximum atomic E-state index is 12.2. The summed E-state index contributed by atoms with van der Waals surface area (Å²) in [5, 5.41) is 2.78. The number of piperidine rings is 1. The topological polar surface area (TPSA) is 58.1 Å². The van der Waals surface area contributed by atoms with Gasteiger partial charge in [-0.1, -0.05) is 11.6 Å². The van der Waals surface area contributed by atoms with Crippen LogP contribution in [0.25, 0.3) is 0 Å². The van der Waals surface area contributed by atoms with Gasteiger partial charge in [-0.3, -0.25) is 15.0 Å². The molecule has 0 radical (unpaired) electrons. The molecule has 1 N–H and O–H groups in total. The quantitative estimate of drug-likeness (QED) is 0.932. The zero-order valence-electron chi connectivity index (χ0n) is 12.0. The number of likely N-dealkylation sites (tertiary alicyclic amines) is 1. The van der Waals surface area contributed by atoms with Gasteiger partial charge in [0.05, 0.1) is 4.34 Å². The van der Waals surface area contributed by atoms with Crippen molar-refractivity contribution >= 4 is 34.8 Å². The molecule has 1 aliphatic heterocycles. The van der Waals surface area contributed by atoms with Crippen LogP contribution in [0.15, 0.2) is 30.6 Å². The molecule has 2 aromatic heterocycles. The Hall–Kier alpha value is -1.50. The molecule has 1 fully saturated rings. The Labute approximate surface area is 138 Å². The van der Waals surface area contributed by atoms with Crippen LogP contribution in [0, 0.1) is 5.92 Å². The Balaban J connectivity index is 1.48. The second-order valence-corrected chi connectivity index (χ2v) is 7.12. The summed E-state index contributed by atoms with van der Waals surface area (Å²) in [6.07, 6.45) is 4.96. The van der Waals surface area contributed by atoms with Gasteiger partial charge in [-0.25, -0.2) is 9.97 Å². The molecular formula is C15H17ClN4OS. The molecule has 0 aliphatic carbocycles. The van der Waals surface area contributed by atoms with Crippen LogP contribution >= 0.6 is 22.9 Å². The Morgan fingerprint density at radius 3 is 2.68 bits per heavy atom. The molecule has 7 heteroatoms. The average Bonchev–Trinajstić information content (AvgIpc) is 2.94. The summed E-state index contributed by atoms with van der Waals surface area (Å²) in [7, 11) is 0. The third-order valence-corrected chi connectivity index (χ3v) is 4.98. The first-order valence-corrected chi connectivity index (χ1v) is 8.44. The molecule has 1 aliphatic rings. The fourth-order valence-electron chi connectivity index (χ4n) is 2.59. The number of nitrogens with one attached hydrogen (secondary N) is 1. The molecular weight excluding hydrogens is 320 g/mol. The van der Waals surface area contributed by atoms with Gasteiger partial charge in [-0.2, -0.15) is 0 Å². The SMILES string of the molecule is O=C(Nc1ncccn1)C1CCN(Cc2ccc(Cl)s2)CC1. The number of hydrogen-bond donors (Lipinski definition) is 1. The highest BCUT2D eigenvalue weighted by molar-refractivity contribution is 7.16. The lowest BCUT2D eigenvalue weighted by molar-refractivity contribution is -0.121. The van der Waals surface area contributed by atoms with Crippen LogP contribution in [0.4, 0.5) is 5.95 Å². The van der Waals surface area contributed by atoms with E-state index in [2.05, 4.69) is 26.3 Å². The van der Waals surface area contributed by atoms with Crippen molar-refractivity contribution in [3.05, 3.63) is 39.8 Å². The minimum atomic E-state index is 0.0185. The number of rotatable bonds is 4. The van der Waals surface area contributed by atoms with E-state index in [4.69, 9.17) is 11.6 Å². The lowest BCUT2D eigenvalue weighted by Crippen LogP contribution is -2.37. The van der Waals surface area contributed by atoms with Gasteiger partial charge < -0.3 is 0 Å². The molecule has 0 atom stereocenters. The molecule has 1 amide bonds. The van der Waals surface area contributed by atoms with Crippen LogP contribution in [0.2, 0.25) is 4.34 Å². The van der Waals surface area contributed by atoms with Gasteiger partial charge in [0.15, 0.2) is 0 Å². The lowest BCUT2D eigenvalue weighted by atomic mass is 9.96. The monoisotopic (exact) mass is 336 g/mol. The number of hydrogen-bond acceptors (Lipinski definition) is 5. The summed E-state index contributed by atoms with van der Waals surface area (Å²) in [6, 6.07) is 5.73. The standard InChI is InChI=1S/C15H17ClN4OS/c16-13-3-2-12(22-13)10-20-8-4-11(5-9-20)14(21)19-15-17-6-1-7-18-15/h1-3,6-7,11H,4-5,8-10H2,(H,17,18,19,21). The second-order valence-electron chi connectivity index (χ2n) is 5.32. The second kappa shape index (κ2) is 7.17. The number of carbonyl (C=O) groups is 1. The Kier molecular flexibility index (Phi) is 5.02. The summed E-state index contributed by atoms with van der Waals surface area (Å²) in [4.78, 5) is 23.9. The largest absolute Gasteiger partial charge is 0.298 e. The highest BCUT2D eigenvalue weighted by Crippen LogP contribution is 2.25. The van der Waals surface area contributed by atoms with Crippen molar-refractivity contribution in [2.24, 2.45) is 5.92 Å². The summed E-state index contributed by atoms with van der Waals surface area (Å²) in [6.45, 7) is 2.75. The highest BCUT2D eigenvalue weighted by atomic mass is 35.5. The van der Waals surface area contributed by atoms with Crippen molar-refractivity contribution in [2.75, 3.05) is 18.4 Å². The number of nitrogens with zero attached hydrogens (tertiary/aromatic N) is 3. The predicted octanol–water partition coefficient (Wildman–Crippen LogP) is 3.04. The van der Waals surface area contributed by atoms with E-state index in [1.807, 2.05) is 6.07 Å². The van der Waals surface area contributed by atoms with Crippen LogP contribution in [0.5, 0.6) is 0 Å². The molecule has 0 bridgehead atoms. The van der Waals surface area contributed by atoms with Crippen molar-refractivity contribution < 1.29 is 4.79 Å². The Bertz CT molecular complexity index is 625. The lowest BCUT2D eigenvalue weighted by Gasteiger charge is -2.30. The maximum Gasteiger partial charge on any atom is 0.229 e. The van der Waals surface area contributed by atoms with Crippen LogP contribution in [0.3, 0.4) is 0 Å². The Morgan fingerprint density at radius 2 is 2.05 bits per heavy atom. The van der Waals surface area contributed by atoms with E-state index in [1.165, 1.54) is 4.88 Å². The minimum Gasteiger partial charge on any atom is -0.298 e. The smallest absolute Gasteiger partial charge is 0.229 e. The number of carbonyl (C=O) groups excluding carboxylic acids is 1. The van der Waals surface area contributed by atoms with Crippen LogP contribution < -0.4 is 5.32 Å². The molecule has 2 aromatic rings. The van der Waals surface area contributed by atoms with Gasteiger partial charge in [-0.15, -0.1) is 11.3 Å². The summed E-state index contributed by atoms with van der Waals surface area (Å²) in [5.74, 6) is 0.431. The van der Waals surface area contributed by atoms with Gasteiger partial charge in [0.1, 0.15) is 0 Å². The summed E-state index contributed by atoms with van der Waals surface area (Å²) >= 11 is 7.57. The van der Waals surface area contributed by atoms with E-state index in [9.17, 15) is 4.79 Å². The molecule has 0 saturated carbocycles. The number of anilines is 1. The predicted molar refractivity (Wildman–Crippen MR) is 88.0 cm³/mol. The van der Waals surface area contributed by atoms with Gasteiger partial charge in [-0.05, 0) is 44.1 Å². The molecule has 5 nitrogen and oxygen atoms in total. The average molecular weight is 337 g/mol. The van der Waals surface area contributed by atoms with E-state index in [-0.39, 0.29) is 11.8 Å². The van der Waals surface area contributed by atoms with Gasteiger partial charge in [0.2, 0.25) is 11.9 Å². The third-order valence-electron chi connectivity index (χ3n) is 3.77. The van der Waals surface area contributed by atoms with Gasteiger partial charge >= 0.3 is 0 Å². The minimum absolute atomic E-state index is 0.0185. The number of thiophene rings is 1.